The normalized spacial score (nSPS) is 17.4. The zero-order chi connectivity index (χ0) is 31.9. The van der Waals surface area contributed by atoms with Crippen molar-refractivity contribution in [2.75, 3.05) is 18.0 Å². The molecule has 6 rings (SSSR count). The molecular weight excluding hydrogens is 552 g/mol. The van der Waals surface area contributed by atoms with Gasteiger partial charge in [0.15, 0.2) is 5.54 Å². The monoisotopic (exact) mass is 591 g/mol. The van der Waals surface area contributed by atoms with Crippen LogP contribution in [0.3, 0.4) is 0 Å². The molecule has 7 heteroatoms. The van der Waals surface area contributed by atoms with E-state index >= 15 is 0 Å². The lowest BCUT2D eigenvalue weighted by atomic mass is 9.83. The molecule has 3 aromatic rings. The molecule has 0 unspecified atom stereocenters. The van der Waals surface area contributed by atoms with Gasteiger partial charge in [0.1, 0.15) is 18.0 Å². The van der Waals surface area contributed by atoms with Gasteiger partial charge in [0.2, 0.25) is 5.36 Å². The number of ether oxygens (including phenoxy) is 1. The lowest BCUT2D eigenvalue weighted by Crippen LogP contribution is -2.49. The SMILES string of the molecule is CCN1c2cc3c(cc2C(C)=CC1(C)C)C(c1ccc(C(=O)O)cc1C(=O)O)=c1cc2c(cc1O3)=[N+](CC)C(C)(C)C=C2C. The maximum atomic E-state index is 12.7. The summed E-state index contributed by atoms with van der Waals surface area (Å²) in [6.07, 6.45) is 4.52. The van der Waals surface area contributed by atoms with E-state index in [4.69, 9.17) is 4.74 Å². The minimum Gasteiger partial charge on any atom is -0.478 e. The number of carboxylic acids is 2. The minimum atomic E-state index is -1.19. The van der Waals surface area contributed by atoms with E-state index in [0.29, 0.717) is 22.6 Å². The average molecular weight is 592 g/mol. The first-order valence-electron chi connectivity index (χ1n) is 15.2. The molecule has 2 N–H and O–H groups in total. The topological polar surface area (TPSA) is 90.1 Å². The van der Waals surface area contributed by atoms with Gasteiger partial charge in [-0.05, 0) is 88.6 Å². The molecule has 0 amide bonds. The van der Waals surface area contributed by atoms with Gasteiger partial charge in [-0.2, -0.15) is 0 Å². The Morgan fingerprint density at radius 1 is 0.818 bits per heavy atom. The highest BCUT2D eigenvalue weighted by atomic mass is 16.5. The van der Waals surface area contributed by atoms with Crippen LogP contribution in [0, 0.1) is 0 Å². The molecule has 0 saturated carbocycles. The first-order chi connectivity index (χ1) is 20.7. The number of hydrogen-bond donors (Lipinski definition) is 2. The van der Waals surface area contributed by atoms with Gasteiger partial charge in [0.25, 0.3) is 0 Å². The molecule has 0 saturated heterocycles. The van der Waals surface area contributed by atoms with Gasteiger partial charge in [0.05, 0.1) is 22.7 Å². The van der Waals surface area contributed by atoms with Crippen molar-refractivity contribution in [3.63, 3.8) is 0 Å². The van der Waals surface area contributed by atoms with Crippen molar-refractivity contribution < 1.29 is 24.5 Å². The van der Waals surface area contributed by atoms with E-state index in [-0.39, 0.29) is 22.2 Å². The summed E-state index contributed by atoms with van der Waals surface area (Å²) >= 11 is 0. The maximum Gasteiger partial charge on any atom is 0.336 e. The average Bonchev–Trinajstić information content (AvgIpc) is 2.93. The first-order valence-corrected chi connectivity index (χ1v) is 15.2. The lowest BCUT2D eigenvalue weighted by Gasteiger charge is -2.43. The predicted molar refractivity (Wildman–Crippen MR) is 174 cm³/mol. The Morgan fingerprint density at radius 3 is 2.16 bits per heavy atom. The van der Waals surface area contributed by atoms with Gasteiger partial charge in [-0.15, -0.1) is 0 Å². The fourth-order valence-corrected chi connectivity index (χ4v) is 7.55. The molecule has 0 atom stereocenters. The number of aromatic carboxylic acids is 2. The van der Waals surface area contributed by atoms with Gasteiger partial charge in [0, 0.05) is 59.6 Å². The summed E-state index contributed by atoms with van der Waals surface area (Å²) in [5.41, 5.74) is 6.84. The van der Waals surface area contributed by atoms with Crippen LogP contribution in [0.25, 0.3) is 16.7 Å². The summed E-state index contributed by atoms with van der Waals surface area (Å²) in [6.45, 7) is 18.9. The third-order valence-corrected chi connectivity index (χ3v) is 9.32. The van der Waals surface area contributed by atoms with Crippen LogP contribution in [0.15, 0.2) is 54.6 Å². The Morgan fingerprint density at radius 2 is 1.52 bits per heavy atom. The summed E-state index contributed by atoms with van der Waals surface area (Å²) in [6, 6.07) is 12.7. The van der Waals surface area contributed by atoms with Crippen LogP contribution in [0.4, 0.5) is 5.69 Å². The second kappa shape index (κ2) is 9.94. The smallest absolute Gasteiger partial charge is 0.336 e. The summed E-state index contributed by atoms with van der Waals surface area (Å²) in [4.78, 5) is 26.9. The molecule has 0 aromatic heterocycles. The van der Waals surface area contributed by atoms with Crippen molar-refractivity contribution in [3.8, 4) is 11.5 Å². The second-order valence-corrected chi connectivity index (χ2v) is 13.0. The lowest BCUT2D eigenvalue weighted by molar-refractivity contribution is 0.0695. The molecule has 7 nitrogen and oxygen atoms in total. The highest BCUT2D eigenvalue weighted by Crippen LogP contribution is 2.46. The number of hydrogen-bond acceptors (Lipinski definition) is 4. The summed E-state index contributed by atoms with van der Waals surface area (Å²) in [5, 5.41) is 21.9. The third kappa shape index (κ3) is 4.36. The quantitative estimate of drug-likeness (QED) is 0.270. The fraction of sp³-hybridized carbons (Fsp3) is 0.324. The molecule has 226 valence electrons. The number of fused-ring (bicyclic) bond motifs is 4. The number of anilines is 1. The Labute approximate surface area is 257 Å². The Balaban J connectivity index is 1.78. The summed E-state index contributed by atoms with van der Waals surface area (Å²) in [5.74, 6) is -1.09. The van der Waals surface area contributed by atoms with Crippen LogP contribution in [0.2, 0.25) is 0 Å². The molecule has 44 heavy (non-hydrogen) atoms. The van der Waals surface area contributed by atoms with Crippen LogP contribution in [-0.4, -0.2) is 46.3 Å². The molecule has 0 bridgehead atoms. The van der Waals surface area contributed by atoms with Crippen molar-refractivity contribution in [2.45, 2.75) is 66.5 Å². The van der Waals surface area contributed by atoms with Crippen LogP contribution >= 0.6 is 0 Å². The van der Waals surface area contributed by atoms with Gasteiger partial charge in [-0.3, -0.25) is 0 Å². The Bertz CT molecular complexity index is 1990. The van der Waals surface area contributed by atoms with E-state index in [1.807, 2.05) is 0 Å². The molecule has 3 aromatic carbocycles. The largest absolute Gasteiger partial charge is 0.478 e. The van der Waals surface area contributed by atoms with Gasteiger partial charge < -0.3 is 19.8 Å². The first kappa shape index (κ1) is 29.4. The predicted octanol–water partition coefficient (Wildman–Crippen LogP) is 6.16. The number of likely N-dealkylation sites (N-methyl/N-ethyl adjacent to an activating group) is 2. The maximum absolute atomic E-state index is 12.7. The third-order valence-electron chi connectivity index (χ3n) is 9.32. The minimum absolute atomic E-state index is 0.0682. The number of carbonyl (C=O) groups is 2. The molecule has 0 radical (unpaired) electrons. The summed E-state index contributed by atoms with van der Waals surface area (Å²) in [7, 11) is 0. The van der Waals surface area contributed by atoms with Gasteiger partial charge in [-0.25, -0.2) is 14.2 Å². The number of nitrogens with zero attached hydrogens (tertiary/aromatic N) is 2. The molecule has 3 aliphatic heterocycles. The molecule has 0 aliphatic carbocycles. The zero-order valence-corrected chi connectivity index (χ0v) is 26.6. The van der Waals surface area contributed by atoms with Crippen molar-refractivity contribution in [2.24, 2.45) is 0 Å². The number of carboxylic acid groups (broad SMARTS) is 2. The van der Waals surface area contributed by atoms with Crippen LogP contribution < -0.4 is 24.8 Å². The van der Waals surface area contributed by atoms with E-state index in [9.17, 15) is 19.8 Å². The number of benzene rings is 3. The van der Waals surface area contributed by atoms with Gasteiger partial charge >= 0.3 is 11.9 Å². The van der Waals surface area contributed by atoms with E-state index in [2.05, 4.69) is 101 Å². The van der Waals surface area contributed by atoms with Gasteiger partial charge in [-0.1, -0.05) is 12.1 Å². The highest BCUT2D eigenvalue weighted by Gasteiger charge is 2.36. The molecule has 0 spiro atoms. The van der Waals surface area contributed by atoms with E-state index in [0.717, 1.165) is 57.2 Å². The van der Waals surface area contributed by atoms with Crippen molar-refractivity contribution >= 4 is 34.3 Å². The molecule has 3 heterocycles. The van der Waals surface area contributed by atoms with Crippen molar-refractivity contribution in [1.29, 1.82) is 0 Å². The Hall–Kier alpha value is -4.65. The van der Waals surface area contributed by atoms with Crippen LogP contribution in [-0.2, 0) is 0 Å². The van der Waals surface area contributed by atoms with Crippen LogP contribution in [0.1, 0.15) is 98.4 Å². The molecule has 0 fully saturated rings. The summed E-state index contributed by atoms with van der Waals surface area (Å²) < 4.78 is 9.11. The zero-order valence-electron chi connectivity index (χ0n) is 26.6. The number of rotatable bonds is 5. The molecule has 3 aliphatic rings. The fourth-order valence-electron chi connectivity index (χ4n) is 7.55. The van der Waals surface area contributed by atoms with E-state index < -0.39 is 11.9 Å². The molecular formula is C37H39N2O5+. The van der Waals surface area contributed by atoms with Crippen molar-refractivity contribution in [3.05, 3.63) is 98.6 Å². The van der Waals surface area contributed by atoms with Crippen molar-refractivity contribution in [1.82, 2.24) is 4.58 Å². The Kier molecular flexibility index (Phi) is 6.65. The standard InChI is InChI=1S/C37H38N2O5/c1-9-38-29-16-31-27(14-24(29)20(3)18-36(38,5)6)33(23-12-11-22(34(40)41)13-26(23)35(42)43)28-15-25-21(4)19-37(7,8)39(10-2)30(25)17-32(28)44-31/h11-19H,9-10H2,1-8H3,(H-,40,41,42,43)/p+1. The number of allylic oxidation sites excluding steroid dienone is 2. The van der Waals surface area contributed by atoms with E-state index in [1.165, 1.54) is 12.1 Å². The highest BCUT2D eigenvalue weighted by molar-refractivity contribution is 6.02. The second-order valence-electron chi connectivity index (χ2n) is 13.0. The van der Waals surface area contributed by atoms with E-state index in [1.54, 1.807) is 6.07 Å². The van der Waals surface area contributed by atoms with Crippen LogP contribution in [0.5, 0.6) is 11.5 Å².